The van der Waals surface area contributed by atoms with Crippen molar-refractivity contribution < 1.29 is 14.4 Å². The lowest BCUT2D eigenvalue weighted by Crippen LogP contribution is -2.44. The van der Waals surface area contributed by atoms with Gasteiger partial charge in [0.15, 0.2) is 0 Å². The Morgan fingerprint density at radius 3 is 2.79 bits per heavy atom. The molecule has 6 heteroatoms. The van der Waals surface area contributed by atoms with Gasteiger partial charge in [0.25, 0.3) is 5.91 Å². The summed E-state index contributed by atoms with van der Waals surface area (Å²) in [7, 11) is 0. The number of urea groups is 1. The average molecular weight is 325 g/mol. The largest absolute Gasteiger partial charge is 0.326 e. The molecule has 1 heterocycles. The molecule has 1 aromatic rings. The predicted octanol–water partition coefficient (Wildman–Crippen LogP) is 1.86. The molecule has 2 N–H and O–H groups in total. The van der Waals surface area contributed by atoms with Gasteiger partial charge >= 0.3 is 6.03 Å². The van der Waals surface area contributed by atoms with Crippen molar-refractivity contribution in [3.63, 3.8) is 0 Å². The number of imide groups is 1. The molecule has 1 saturated heterocycles. The van der Waals surface area contributed by atoms with Crippen LogP contribution in [0.25, 0.3) is 0 Å². The molecule has 0 unspecified atom stereocenters. The molecule has 2 aliphatic rings. The lowest BCUT2D eigenvalue weighted by atomic mass is 9.98. The highest BCUT2D eigenvalue weighted by molar-refractivity contribution is 6.07. The molecule has 6 nitrogen and oxygen atoms in total. The number of amides is 4. The van der Waals surface area contributed by atoms with Crippen LogP contribution in [0.15, 0.2) is 24.3 Å². The molecule has 2 fully saturated rings. The summed E-state index contributed by atoms with van der Waals surface area (Å²) in [4.78, 5) is 37.7. The zero-order valence-electron chi connectivity index (χ0n) is 13.3. The average Bonchev–Trinajstić information content (AvgIpc) is 3.12. The van der Waals surface area contributed by atoms with Crippen molar-refractivity contribution in [1.29, 1.82) is 0 Å². The summed E-state index contributed by atoms with van der Waals surface area (Å²) in [5, 5.41) is 5.53. The summed E-state index contributed by atoms with van der Waals surface area (Å²) in [5.41, 5.74) is 0.541. The summed E-state index contributed by atoms with van der Waals surface area (Å²) >= 11 is 0. The van der Waals surface area contributed by atoms with Crippen molar-refractivity contribution in [3.05, 3.63) is 29.8 Å². The summed E-state index contributed by atoms with van der Waals surface area (Å²) in [6.45, 7) is 0.0765. The second-order valence-electron chi connectivity index (χ2n) is 6.20. The zero-order valence-corrected chi connectivity index (χ0v) is 13.3. The van der Waals surface area contributed by atoms with Crippen molar-refractivity contribution in [1.82, 2.24) is 10.2 Å². The number of hydrogen-bond donors (Lipinski definition) is 2. The minimum Gasteiger partial charge on any atom is -0.326 e. The van der Waals surface area contributed by atoms with Gasteiger partial charge < -0.3 is 10.6 Å². The minimum atomic E-state index is -0.727. The van der Waals surface area contributed by atoms with Crippen LogP contribution in [-0.2, 0) is 9.59 Å². The number of terminal acetylenes is 1. The van der Waals surface area contributed by atoms with Gasteiger partial charge in [0, 0.05) is 24.2 Å². The molecule has 0 atom stereocenters. The first-order valence-electron chi connectivity index (χ1n) is 8.05. The molecule has 0 aromatic heterocycles. The number of carbonyl (C=O) groups excluding carboxylic acids is 3. The van der Waals surface area contributed by atoms with Crippen LogP contribution >= 0.6 is 0 Å². The van der Waals surface area contributed by atoms with Crippen molar-refractivity contribution in [2.45, 2.75) is 37.6 Å². The van der Waals surface area contributed by atoms with Crippen LogP contribution in [-0.4, -0.2) is 34.8 Å². The van der Waals surface area contributed by atoms with Crippen LogP contribution in [0.2, 0.25) is 0 Å². The van der Waals surface area contributed by atoms with Crippen molar-refractivity contribution in [2.75, 3.05) is 11.9 Å². The van der Waals surface area contributed by atoms with Crippen molar-refractivity contribution >= 4 is 23.5 Å². The SMILES string of the molecule is C#Cc1cccc(NC(=O)CCN2C(=O)NC3(CCCC3)C2=O)c1. The molecule has 1 saturated carbocycles. The van der Waals surface area contributed by atoms with Crippen molar-refractivity contribution in [3.8, 4) is 12.3 Å². The second kappa shape index (κ2) is 6.36. The van der Waals surface area contributed by atoms with E-state index in [1.807, 2.05) is 0 Å². The van der Waals surface area contributed by atoms with Gasteiger partial charge in [0.2, 0.25) is 5.91 Å². The van der Waals surface area contributed by atoms with E-state index in [1.54, 1.807) is 24.3 Å². The standard InChI is InChI=1S/C18H19N3O3/c1-2-13-6-5-7-14(12-13)19-15(22)8-11-21-16(23)18(20-17(21)24)9-3-4-10-18/h1,5-7,12H,3-4,8-11H2,(H,19,22)(H,20,24). The maximum absolute atomic E-state index is 12.5. The number of anilines is 1. The zero-order chi connectivity index (χ0) is 17.2. The summed E-state index contributed by atoms with van der Waals surface area (Å²) in [6.07, 6.45) is 8.61. The van der Waals surface area contributed by atoms with E-state index in [4.69, 9.17) is 6.42 Å². The van der Waals surface area contributed by atoms with E-state index < -0.39 is 11.6 Å². The Morgan fingerprint density at radius 2 is 2.08 bits per heavy atom. The van der Waals surface area contributed by atoms with Gasteiger partial charge in [-0.15, -0.1) is 6.42 Å². The molecule has 4 amide bonds. The summed E-state index contributed by atoms with van der Waals surface area (Å²) in [5.74, 6) is 2.03. The summed E-state index contributed by atoms with van der Waals surface area (Å²) in [6, 6.07) is 6.55. The van der Waals surface area contributed by atoms with Gasteiger partial charge in [-0.2, -0.15) is 0 Å². The fourth-order valence-corrected chi connectivity index (χ4v) is 3.32. The maximum atomic E-state index is 12.5. The quantitative estimate of drug-likeness (QED) is 0.655. The van der Waals surface area contributed by atoms with Gasteiger partial charge in [0.05, 0.1) is 0 Å². The van der Waals surface area contributed by atoms with Gasteiger partial charge in [-0.1, -0.05) is 24.8 Å². The number of carbonyl (C=O) groups is 3. The lowest BCUT2D eigenvalue weighted by molar-refractivity contribution is -0.131. The number of benzene rings is 1. The van der Waals surface area contributed by atoms with E-state index in [1.165, 1.54) is 0 Å². The Hall–Kier alpha value is -2.81. The fourth-order valence-electron chi connectivity index (χ4n) is 3.32. The van der Waals surface area contributed by atoms with Crippen LogP contribution in [0.3, 0.4) is 0 Å². The molecule has 1 spiro atoms. The molecule has 1 aromatic carbocycles. The van der Waals surface area contributed by atoms with E-state index in [2.05, 4.69) is 16.6 Å². The van der Waals surface area contributed by atoms with Crippen LogP contribution in [0, 0.1) is 12.3 Å². The van der Waals surface area contributed by atoms with Crippen LogP contribution in [0.5, 0.6) is 0 Å². The minimum absolute atomic E-state index is 0.0511. The van der Waals surface area contributed by atoms with Gasteiger partial charge in [-0.25, -0.2) is 4.79 Å². The Kier molecular flexibility index (Phi) is 4.26. The number of nitrogens with zero attached hydrogens (tertiary/aromatic N) is 1. The first kappa shape index (κ1) is 16.1. The van der Waals surface area contributed by atoms with Gasteiger partial charge in [0.1, 0.15) is 5.54 Å². The third-order valence-electron chi connectivity index (χ3n) is 4.58. The van der Waals surface area contributed by atoms with Gasteiger partial charge in [-0.05, 0) is 31.0 Å². The molecule has 0 bridgehead atoms. The first-order valence-corrected chi connectivity index (χ1v) is 8.05. The molecular weight excluding hydrogens is 306 g/mol. The fraction of sp³-hybridized carbons (Fsp3) is 0.389. The first-order chi connectivity index (χ1) is 11.5. The van der Waals surface area contributed by atoms with Crippen LogP contribution in [0.1, 0.15) is 37.7 Å². The molecule has 124 valence electrons. The third-order valence-corrected chi connectivity index (χ3v) is 4.58. The monoisotopic (exact) mass is 325 g/mol. The van der Waals surface area contributed by atoms with E-state index in [0.29, 0.717) is 24.1 Å². The number of nitrogens with one attached hydrogen (secondary N) is 2. The highest BCUT2D eigenvalue weighted by Crippen LogP contribution is 2.35. The molecule has 1 aliphatic carbocycles. The van der Waals surface area contributed by atoms with Crippen LogP contribution in [0.4, 0.5) is 10.5 Å². The predicted molar refractivity (Wildman–Crippen MR) is 89.1 cm³/mol. The Morgan fingerprint density at radius 1 is 1.33 bits per heavy atom. The Bertz CT molecular complexity index is 729. The number of rotatable bonds is 4. The van der Waals surface area contributed by atoms with E-state index in [-0.39, 0.29) is 24.8 Å². The third kappa shape index (κ3) is 2.98. The summed E-state index contributed by atoms with van der Waals surface area (Å²) < 4.78 is 0. The lowest BCUT2D eigenvalue weighted by Gasteiger charge is -2.19. The van der Waals surface area contributed by atoms with E-state index >= 15 is 0 Å². The molecular formula is C18H19N3O3. The normalized spacial score (nSPS) is 18.5. The Labute approximate surface area is 140 Å². The van der Waals surface area contributed by atoms with Crippen LogP contribution < -0.4 is 10.6 Å². The topological polar surface area (TPSA) is 78.5 Å². The highest BCUT2D eigenvalue weighted by Gasteiger charge is 2.52. The smallest absolute Gasteiger partial charge is 0.325 e. The Balaban J connectivity index is 1.57. The van der Waals surface area contributed by atoms with E-state index in [0.717, 1.165) is 17.7 Å². The second-order valence-corrected chi connectivity index (χ2v) is 6.20. The maximum Gasteiger partial charge on any atom is 0.325 e. The molecule has 0 radical (unpaired) electrons. The van der Waals surface area contributed by atoms with Gasteiger partial charge in [-0.3, -0.25) is 14.5 Å². The molecule has 3 rings (SSSR count). The molecule has 24 heavy (non-hydrogen) atoms. The molecule has 1 aliphatic heterocycles. The van der Waals surface area contributed by atoms with Crippen molar-refractivity contribution in [2.24, 2.45) is 0 Å². The van der Waals surface area contributed by atoms with E-state index in [9.17, 15) is 14.4 Å². The highest BCUT2D eigenvalue weighted by atomic mass is 16.2. The number of hydrogen-bond acceptors (Lipinski definition) is 3.